The van der Waals surface area contributed by atoms with Gasteiger partial charge in [-0.15, -0.1) is 24.8 Å². The summed E-state index contributed by atoms with van der Waals surface area (Å²) in [5, 5.41) is 3.40. The Bertz CT molecular complexity index is 229. The maximum Gasteiger partial charge on any atom is 0.239 e. The van der Waals surface area contributed by atoms with E-state index in [4.69, 9.17) is 5.73 Å². The fourth-order valence-corrected chi connectivity index (χ4v) is 2.00. The highest BCUT2D eigenvalue weighted by Crippen LogP contribution is 2.09. The number of halogens is 2. The normalized spacial score (nSPS) is 25.9. The summed E-state index contributed by atoms with van der Waals surface area (Å²) in [6, 6.07) is 0.358. The van der Waals surface area contributed by atoms with Crippen LogP contribution in [0.5, 0.6) is 0 Å². The van der Waals surface area contributed by atoms with Crippen LogP contribution in [0.1, 0.15) is 27.7 Å². The van der Waals surface area contributed by atoms with Crippen LogP contribution in [0.4, 0.5) is 0 Å². The highest BCUT2D eigenvalue weighted by atomic mass is 35.5. The van der Waals surface area contributed by atoms with Crippen LogP contribution < -0.4 is 11.1 Å². The molecule has 0 aromatic heterocycles. The van der Waals surface area contributed by atoms with E-state index in [9.17, 15) is 4.79 Å². The van der Waals surface area contributed by atoms with E-state index in [0.717, 1.165) is 13.1 Å². The molecule has 3 N–H and O–H groups in total. The quantitative estimate of drug-likeness (QED) is 0.797. The molecule has 17 heavy (non-hydrogen) atoms. The lowest BCUT2D eigenvalue weighted by atomic mass is 10.0. The summed E-state index contributed by atoms with van der Waals surface area (Å²) >= 11 is 0. The molecule has 0 aliphatic carbocycles. The predicted molar refractivity (Wildman–Crippen MR) is 75.9 cm³/mol. The second-order valence-electron chi connectivity index (χ2n) is 4.98. The Kier molecular flexibility index (Phi) is 9.25. The van der Waals surface area contributed by atoms with Gasteiger partial charge in [-0.3, -0.25) is 4.79 Å². The fourth-order valence-electron chi connectivity index (χ4n) is 2.00. The molecular weight excluding hydrogens is 261 g/mol. The van der Waals surface area contributed by atoms with Gasteiger partial charge in [0, 0.05) is 25.2 Å². The lowest BCUT2D eigenvalue weighted by molar-refractivity contribution is -0.135. The first-order valence-electron chi connectivity index (χ1n) is 5.72. The molecule has 3 atom stereocenters. The van der Waals surface area contributed by atoms with E-state index in [0.29, 0.717) is 12.1 Å². The van der Waals surface area contributed by atoms with E-state index in [1.54, 1.807) is 0 Å². The van der Waals surface area contributed by atoms with E-state index in [1.165, 1.54) is 0 Å². The lowest BCUT2D eigenvalue weighted by Gasteiger charge is -2.37. The highest BCUT2D eigenvalue weighted by molar-refractivity contribution is 5.85. The Morgan fingerprint density at radius 2 is 1.65 bits per heavy atom. The number of nitrogens with zero attached hydrogens (tertiary/aromatic N) is 1. The number of carbonyl (C=O) groups excluding carboxylic acids is 1. The third kappa shape index (κ3) is 5.42. The zero-order valence-corrected chi connectivity index (χ0v) is 12.6. The molecule has 2 unspecified atom stereocenters. The molecule has 1 amide bonds. The molecule has 0 aromatic rings. The van der Waals surface area contributed by atoms with Gasteiger partial charge >= 0.3 is 0 Å². The smallest absolute Gasteiger partial charge is 0.239 e. The summed E-state index contributed by atoms with van der Waals surface area (Å²) in [6.45, 7) is 9.69. The standard InChI is InChI=1S/C11H23N3O.2ClH/c1-7(2)10(12)11(15)14-5-8(3)13-9(4)6-14;;/h7-10,13H,5-6,12H2,1-4H3;2*1H/t8?,9?,10-;;/m1../s1. The third-order valence-electron chi connectivity index (χ3n) is 2.87. The van der Waals surface area contributed by atoms with Crippen molar-refractivity contribution in [3.05, 3.63) is 0 Å². The van der Waals surface area contributed by atoms with Gasteiger partial charge in [-0.05, 0) is 19.8 Å². The van der Waals surface area contributed by atoms with Gasteiger partial charge in [0.15, 0.2) is 0 Å². The van der Waals surface area contributed by atoms with Crippen molar-refractivity contribution in [3.63, 3.8) is 0 Å². The zero-order valence-electron chi connectivity index (χ0n) is 11.0. The van der Waals surface area contributed by atoms with Crippen molar-refractivity contribution < 1.29 is 4.79 Å². The first-order chi connectivity index (χ1) is 6.91. The Morgan fingerprint density at radius 1 is 1.24 bits per heavy atom. The van der Waals surface area contributed by atoms with Crippen molar-refractivity contribution in [1.29, 1.82) is 0 Å². The zero-order chi connectivity index (χ0) is 11.6. The molecule has 1 aliphatic heterocycles. The van der Waals surface area contributed by atoms with E-state index in [-0.39, 0.29) is 42.7 Å². The van der Waals surface area contributed by atoms with Crippen LogP contribution in [-0.2, 0) is 4.79 Å². The Morgan fingerprint density at radius 3 is 2.00 bits per heavy atom. The van der Waals surface area contributed by atoms with Gasteiger partial charge in [-0.1, -0.05) is 13.8 Å². The van der Waals surface area contributed by atoms with Gasteiger partial charge < -0.3 is 16.0 Å². The van der Waals surface area contributed by atoms with Crippen molar-refractivity contribution >= 4 is 30.7 Å². The summed E-state index contributed by atoms with van der Waals surface area (Å²) in [6.07, 6.45) is 0. The van der Waals surface area contributed by atoms with Crippen LogP contribution in [0.3, 0.4) is 0 Å². The highest BCUT2D eigenvalue weighted by Gasteiger charge is 2.29. The molecule has 1 fully saturated rings. The number of carbonyl (C=O) groups is 1. The predicted octanol–water partition coefficient (Wildman–Crippen LogP) is 1.02. The molecule has 0 aromatic carbocycles. The molecule has 1 saturated heterocycles. The Labute approximate surface area is 117 Å². The van der Waals surface area contributed by atoms with Gasteiger partial charge in [-0.25, -0.2) is 0 Å². The van der Waals surface area contributed by atoms with Crippen LogP contribution in [0.15, 0.2) is 0 Å². The van der Waals surface area contributed by atoms with E-state index in [1.807, 2.05) is 18.7 Å². The Balaban J connectivity index is 0. The van der Waals surface area contributed by atoms with E-state index >= 15 is 0 Å². The summed E-state index contributed by atoms with van der Waals surface area (Å²) in [5.74, 6) is 0.295. The number of amides is 1. The van der Waals surface area contributed by atoms with Crippen molar-refractivity contribution in [2.45, 2.75) is 45.8 Å². The average Bonchev–Trinajstić information content (AvgIpc) is 2.13. The summed E-state index contributed by atoms with van der Waals surface area (Å²) in [7, 11) is 0. The van der Waals surface area contributed by atoms with Gasteiger partial charge in [-0.2, -0.15) is 0 Å². The summed E-state index contributed by atoms with van der Waals surface area (Å²) in [4.78, 5) is 13.9. The maximum atomic E-state index is 12.0. The molecule has 0 spiro atoms. The summed E-state index contributed by atoms with van der Waals surface area (Å²) in [5.41, 5.74) is 5.87. The topological polar surface area (TPSA) is 58.4 Å². The molecule has 0 saturated carbocycles. The van der Waals surface area contributed by atoms with Crippen LogP contribution in [-0.4, -0.2) is 42.0 Å². The van der Waals surface area contributed by atoms with E-state index in [2.05, 4.69) is 19.2 Å². The van der Waals surface area contributed by atoms with Gasteiger partial charge in [0.05, 0.1) is 6.04 Å². The molecule has 104 valence electrons. The lowest BCUT2D eigenvalue weighted by Crippen LogP contribution is -2.59. The van der Waals surface area contributed by atoms with Gasteiger partial charge in [0.2, 0.25) is 5.91 Å². The number of nitrogens with two attached hydrogens (primary N) is 1. The Hall–Kier alpha value is -0.0300. The van der Waals surface area contributed by atoms with Crippen LogP contribution in [0, 0.1) is 5.92 Å². The number of rotatable bonds is 2. The minimum atomic E-state index is -0.359. The second-order valence-corrected chi connectivity index (χ2v) is 4.98. The number of piperazine rings is 1. The van der Waals surface area contributed by atoms with Crippen molar-refractivity contribution in [1.82, 2.24) is 10.2 Å². The largest absolute Gasteiger partial charge is 0.338 e. The number of hydrogen-bond donors (Lipinski definition) is 2. The van der Waals surface area contributed by atoms with Crippen molar-refractivity contribution in [3.8, 4) is 0 Å². The second kappa shape index (κ2) is 8.14. The first kappa shape index (κ1) is 19.3. The number of hydrogen-bond acceptors (Lipinski definition) is 3. The fraction of sp³-hybridized carbons (Fsp3) is 0.909. The molecule has 0 bridgehead atoms. The molecular formula is C11H25Cl2N3O. The SMILES string of the molecule is CC1CN(C(=O)[C@H](N)C(C)C)CC(C)N1.Cl.Cl. The average molecular weight is 286 g/mol. The number of nitrogens with one attached hydrogen (secondary N) is 1. The molecule has 0 radical (unpaired) electrons. The third-order valence-corrected chi connectivity index (χ3v) is 2.87. The van der Waals surface area contributed by atoms with Crippen LogP contribution in [0.2, 0.25) is 0 Å². The summed E-state index contributed by atoms with van der Waals surface area (Å²) < 4.78 is 0. The molecule has 1 aliphatic rings. The minimum absolute atomic E-state index is 0. The minimum Gasteiger partial charge on any atom is -0.338 e. The van der Waals surface area contributed by atoms with Gasteiger partial charge in [0.1, 0.15) is 0 Å². The maximum absolute atomic E-state index is 12.0. The van der Waals surface area contributed by atoms with Crippen molar-refractivity contribution in [2.24, 2.45) is 11.7 Å². The monoisotopic (exact) mass is 285 g/mol. The molecule has 1 heterocycles. The van der Waals surface area contributed by atoms with Crippen molar-refractivity contribution in [2.75, 3.05) is 13.1 Å². The molecule has 1 rings (SSSR count). The molecule has 6 heteroatoms. The van der Waals surface area contributed by atoms with Gasteiger partial charge in [0.25, 0.3) is 0 Å². The van der Waals surface area contributed by atoms with Crippen LogP contribution >= 0.6 is 24.8 Å². The first-order valence-corrected chi connectivity index (χ1v) is 5.72. The molecule has 4 nitrogen and oxygen atoms in total. The van der Waals surface area contributed by atoms with Crippen LogP contribution in [0.25, 0.3) is 0 Å². The van der Waals surface area contributed by atoms with E-state index < -0.39 is 0 Å².